The van der Waals surface area contributed by atoms with Gasteiger partial charge in [0.1, 0.15) is 0 Å². The molecule has 0 radical (unpaired) electrons. The number of hydrogen-bond donors (Lipinski definition) is 1. The minimum Gasteiger partial charge on any atom is -0.268 e. The third-order valence-corrected chi connectivity index (χ3v) is 3.90. The maximum atomic E-state index is 11.8. The molecule has 4 nitrogen and oxygen atoms in total. The van der Waals surface area contributed by atoms with Gasteiger partial charge in [0.25, 0.3) is 5.91 Å². The Morgan fingerprint density at radius 1 is 1.39 bits per heavy atom. The molecule has 1 aromatic carbocycles. The van der Waals surface area contributed by atoms with Gasteiger partial charge in [-0.05, 0) is 37.1 Å². The molecule has 0 aliphatic rings. The molecule has 0 spiro atoms. The summed E-state index contributed by atoms with van der Waals surface area (Å²) < 4.78 is 24.8. The Kier molecular flexibility index (Phi) is 4.53. The summed E-state index contributed by atoms with van der Waals surface area (Å²) in [4.78, 5) is 11.8. The van der Waals surface area contributed by atoms with E-state index in [0.717, 1.165) is 11.1 Å². The third-order valence-electron chi connectivity index (χ3n) is 2.41. The number of amides is 1. The van der Waals surface area contributed by atoms with Crippen LogP contribution < -0.4 is 4.72 Å². The fourth-order valence-electron chi connectivity index (χ4n) is 1.35. The van der Waals surface area contributed by atoms with E-state index in [1.165, 1.54) is 6.08 Å². The Bertz CT molecular complexity index is 594. The lowest BCUT2D eigenvalue weighted by Gasteiger charge is -2.09. The van der Waals surface area contributed by atoms with E-state index in [2.05, 4.69) is 6.58 Å². The predicted octanol–water partition coefficient (Wildman–Crippen LogP) is 2.20. The van der Waals surface area contributed by atoms with E-state index in [9.17, 15) is 13.2 Å². The fourth-order valence-corrected chi connectivity index (χ4v) is 2.44. The van der Waals surface area contributed by atoms with Crippen LogP contribution in [-0.2, 0) is 10.0 Å². The van der Waals surface area contributed by atoms with Crippen LogP contribution in [0.3, 0.4) is 0 Å². The Morgan fingerprint density at radius 2 is 1.94 bits per heavy atom. The summed E-state index contributed by atoms with van der Waals surface area (Å²) in [5, 5.41) is 0.226. The van der Waals surface area contributed by atoms with Gasteiger partial charge >= 0.3 is 0 Å². The largest absolute Gasteiger partial charge is 0.268 e. The smallest absolute Gasteiger partial charge is 0.266 e. The topological polar surface area (TPSA) is 63.2 Å². The first-order chi connectivity index (χ1) is 8.26. The van der Waals surface area contributed by atoms with Gasteiger partial charge in [0, 0.05) is 0 Å². The summed E-state index contributed by atoms with van der Waals surface area (Å²) in [6.45, 7) is 6.99. The van der Waals surface area contributed by atoms with Crippen molar-refractivity contribution in [3.05, 3.63) is 46.5 Å². The van der Waals surface area contributed by atoms with E-state index in [4.69, 9.17) is 11.6 Å². The molecule has 0 saturated carbocycles. The molecule has 0 aliphatic carbocycles. The third kappa shape index (κ3) is 3.58. The number of benzene rings is 1. The molecule has 18 heavy (non-hydrogen) atoms. The zero-order valence-corrected chi connectivity index (χ0v) is 11.7. The van der Waals surface area contributed by atoms with Gasteiger partial charge in [-0.25, -0.2) is 13.1 Å². The van der Waals surface area contributed by atoms with Crippen LogP contribution in [0.2, 0.25) is 5.02 Å². The standard InChI is InChI=1S/C12H14ClNO3S/c1-4-5-18(16,17)14-12(15)10-6-8(2)9(3)7-11(10)13/h4,6-7H,1,5H2,2-3H3,(H,14,15). The van der Waals surface area contributed by atoms with Crippen molar-refractivity contribution < 1.29 is 13.2 Å². The van der Waals surface area contributed by atoms with Crippen molar-refractivity contribution in [1.82, 2.24) is 4.72 Å². The van der Waals surface area contributed by atoms with Crippen LogP contribution in [-0.4, -0.2) is 20.1 Å². The normalized spacial score (nSPS) is 11.1. The molecule has 98 valence electrons. The van der Waals surface area contributed by atoms with Gasteiger partial charge in [0.2, 0.25) is 10.0 Å². The van der Waals surface area contributed by atoms with Crippen molar-refractivity contribution in [3.63, 3.8) is 0 Å². The Labute approximate surface area is 112 Å². The Morgan fingerprint density at radius 3 is 2.50 bits per heavy atom. The number of halogens is 1. The van der Waals surface area contributed by atoms with Gasteiger partial charge in [0.05, 0.1) is 16.3 Å². The lowest BCUT2D eigenvalue weighted by Crippen LogP contribution is -2.32. The molecule has 0 fully saturated rings. The first kappa shape index (κ1) is 14.7. The van der Waals surface area contributed by atoms with Crippen molar-refractivity contribution in [2.45, 2.75) is 13.8 Å². The van der Waals surface area contributed by atoms with Gasteiger partial charge in [-0.3, -0.25) is 4.79 Å². The van der Waals surface area contributed by atoms with E-state index < -0.39 is 15.9 Å². The van der Waals surface area contributed by atoms with E-state index in [-0.39, 0.29) is 16.3 Å². The van der Waals surface area contributed by atoms with E-state index in [0.29, 0.717) is 0 Å². The average Bonchev–Trinajstić information content (AvgIpc) is 2.22. The highest BCUT2D eigenvalue weighted by Gasteiger charge is 2.17. The highest BCUT2D eigenvalue weighted by Crippen LogP contribution is 2.20. The molecule has 1 N–H and O–H groups in total. The molecule has 0 unspecified atom stereocenters. The van der Waals surface area contributed by atoms with Gasteiger partial charge < -0.3 is 0 Å². The fraction of sp³-hybridized carbons (Fsp3) is 0.250. The summed E-state index contributed by atoms with van der Waals surface area (Å²) in [6, 6.07) is 3.20. The van der Waals surface area contributed by atoms with Gasteiger partial charge in [-0.15, -0.1) is 6.58 Å². The van der Waals surface area contributed by atoms with Crippen LogP contribution in [0.1, 0.15) is 21.5 Å². The second-order valence-electron chi connectivity index (χ2n) is 3.92. The summed E-state index contributed by atoms with van der Waals surface area (Å²) in [7, 11) is -3.69. The van der Waals surface area contributed by atoms with Crippen molar-refractivity contribution in [2.75, 3.05) is 5.75 Å². The summed E-state index contributed by atoms with van der Waals surface area (Å²) in [6.07, 6.45) is 1.21. The van der Waals surface area contributed by atoms with Gasteiger partial charge in [-0.1, -0.05) is 17.7 Å². The van der Waals surface area contributed by atoms with Crippen molar-refractivity contribution in [2.24, 2.45) is 0 Å². The van der Waals surface area contributed by atoms with Gasteiger partial charge in [-0.2, -0.15) is 0 Å². The zero-order chi connectivity index (χ0) is 13.9. The first-order valence-corrected chi connectivity index (χ1v) is 7.22. The summed E-state index contributed by atoms with van der Waals surface area (Å²) >= 11 is 5.93. The molecule has 0 heterocycles. The molecule has 0 aliphatic heterocycles. The van der Waals surface area contributed by atoms with Crippen LogP contribution in [0.25, 0.3) is 0 Å². The monoisotopic (exact) mass is 287 g/mol. The SMILES string of the molecule is C=CCS(=O)(=O)NC(=O)c1cc(C)c(C)cc1Cl. The molecule has 1 rings (SSSR count). The molecular weight excluding hydrogens is 274 g/mol. The number of hydrogen-bond acceptors (Lipinski definition) is 3. The van der Waals surface area contributed by atoms with E-state index >= 15 is 0 Å². The number of carbonyl (C=O) groups is 1. The molecule has 0 saturated heterocycles. The Balaban J connectivity index is 3.06. The second kappa shape index (κ2) is 5.54. The molecule has 0 atom stereocenters. The quantitative estimate of drug-likeness (QED) is 0.864. The molecule has 0 aromatic heterocycles. The molecule has 1 amide bonds. The molecule has 1 aromatic rings. The molecule has 6 heteroatoms. The van der Waals surface area contributed by atoms with Crippen LogP contribution in [0, 0.1) is 13.8 Å². The van der Waals surface area contributed by atoms with Crippen LogP contribution in [0.15, 0.2) is 24.8 Å². The van der Waals surface area contributed by atoms with Crippen LogP contribution in [0.5, 0.6) is 0 Å². The summed E-state index contributed by atoms with van der Waals surface area (Å²) in [5.41, 5.74) is 1.95. The first-order valence-electron chi connectivity index (χ1n) is 5.19. The number of carbonyl (C=O) groups excluding carboxylic acids is 1. The van der Waals surface area contributed by atoms with Crippen molar-refractivity contribution >= 4 is 27.5 Å². The van der Waals surface area contributed by atoms with Crippen LogP contribution >= 0.6 is 11.6 Å². The van der Waals surface area contributed by atoms with Crippen LogP contribution in [0.4, 0.5) is 0 Å². The second-order valence-corrected chi connectivity index (χ2v) is 6.09. The Hall–Kier alpha value is -1.33. The highest BCUT2D eigenvalue weighted by atomic mass is 35.5. The number of rotatable bonds is 4. The lowest BCUT2D eigenvalue weighted by atomic mass is 10.1. The number of sulfonamides is 1. The maximum absolute atomic E-state index is 11.8. The number of nitrogens with one attached hydrogen (secondary N) is 1. The van der Waals surface area contributed by atoms with Crippen molar-refractivity contribution in [3.8, 4) is 0 Å². The minimum absolute atomic E-state index is 0.146. The van der Waals surface area contributed by atoms with E-state index in [1.54, 1.807) is 12.1 Å². The average molecular weight is 288 g/mol. The van der Waals surface area contributed by atoms with Gasteiger partial charge in [0.15, 0.2) is 0 Å². The highest BCUT2D eigenvalue weighted by molar-refractivity contribution is 7.90. The summed E-state index contributed by atoms with van der Waals surface area (Å²) in [5.74, 6) is -1.05. The van der Waals surface area contributed by atoms with E-state index in [1.807, 2.05) is 18.6 Å². The molecule has 0 bridgehead atoms. The lowest BCUT2D eigenvalue weighted by molar-refractivity contribution is 0.0981. The van der Waals surface area contributed by atoms with Crippen molar-refractivity contribution in [1.29, 1.82) is 0 Å². The number of aryl methyl sites for hydroxylation is 2. The minimum atomic E-state index is -3.69. The maximum Gasteiger partial charge on any atom is 0.266 e. The zero-order valence-electron chi connectivity index (χ0n) is 10.2. The predicted molar refractivity (Wildman–Crippen MR) is 72.4 cm³/mol. The molecular formula is C12H14ClNO3S.